The molecule has 1 atom stereocenters. The minimum atomic E-state index is -0.117. The number of halogens is 1. The van der Waals surface area contributed by atoms with E-state index < -0.39 is 0 Å². The number of amides is 2. The molecule has 2 aromatic rings. The van der Waals surface area contributed by atoms with Crippen molar-refractivity contribution in [3.8, 4) is 0 Å². The Bertz CT molecular complexity index is 719. The molecule has 0 aliphatic carbocycles. The van der Waals surface area contributed by atoms with Gasteiger partial charge in [0.25, 0.3) is 5.91 Å². The standard InChI is InChI=1S/C20H23ClN2O2/c1-15(17-10-6-11-18(21)14-17)23(2)19(24)12-7-13-22-20(25)16-8-4-3-5-9-16/h3-6,8-11,14-15H,7,12-13H2,1-2H3,(H,22,25). The molecule has 25 heavy (non-hydrogen) atoms. The highest BCUT2D eigenvalue weighted by Crippen LogP contribution is 2.22. The predicted molar refractivity (Wildman–Crippen MR) is 101 cm³/mol. The highest BCUT2D eigenvalue weighted by molar-refractivity contribution is 6.30. The minimum Gasteiger partial charge on any atom is -0.352 e. The van der Waals surface area contributed by atoms with Crippen molar-refractivity contribution >= 4 is 23.4 Å². The zero-order chi connectivity index (χ0) is 18.2. The molecule has 0 saturated heterocycles. The molecule has 2 rings (SSSR count). The molecular weight excluding hydrogens is 336 g/mol. The molecule has 0 spiro atoms. The summed E-state index contributed by atoms with van der Waals surface area (Å²) in [4.78, 5) is 26.0. The molecule has 0 aliphatic heterocycles. The lowest BCUT2D eigenvalue weighted by molar-refractivity contribution is -0.131. The van der Waals surface area contributed by atoms with E-state index >= 15 is 0 Å². The van der Waals surface area contributed by atoms with Crippen LogP contribution in [0.25, 0.3) is 0 Å². The number of hydrogen-bond donors (Lipinski definition) is 1. The van der Waals surface area contributed by atoms with E-state index in [1.165, 1.54) is 0 Å². The first kappa shape index (κ1) is 19.0. The average Bonchev–Trinajstić information content (AvgIpc) is 2.64. The van der Waals surface area contributed by atoms with Crippen LogP contribution in [0, 0.1) is 0 Å². The van der Waals surface area contributed by atoms with E-state index in [4.69, 9.17) is 11.6 Å². The van der Waals surface area contributed by atoms with Gasteiger partial charge in [0, 0.05) is 30.6 Å². The SMILES string of the molecule is CC(c1cccc(Cl)c1)N(C)C(=O)CCCNC(=O)c1ccccc1. The van der Waals surface area contributed by atoms with Crippen LogP contribution >= 0.6 is 11.6 Å². The number of nitrogens with one attached hydrogen (secondary N) is 1. The molecule has 1 N–H and O–H groups in total. The van der Waals surface area contributed by atoms with Gasteiger partial charge in [-0.05, 0) is 43.2 Å². The van der Waals surface area contributed by atoms with Crippen LogP contribution in [0.1, 0.15) is 41.7 Å². The molecule has 1 unspecified atom stereocenters. The summed E-state index contributed by atoms with van der Waals surface area (Å²) in [7, 11) is 1.79. The van der Waals surface area contributed by atoms with Crippen LogP contribution < -0.4 is 5.32 Å². The van der Waals surface area contributed by atoms with Crippen LogP contribution in [0.2, 0.25) is 5.02 Å². The summed E-state index contributed by atoms with van der Waals surface area (Å²) in [6.07, 6.45) is 0.987. The third kappa shape index (κ3) is 5.61. The van der Waals surface area contributed by atoms with E-state index in [1.807, 2.05) is 49.4 Å². The van der Waals surface area contributed by atoms with Crippen LogP contribution in [0.4, 0.5) is 0 Å². The first-order valence-corrected chi connectivity index (χ1v) is 8.71. The van der Waals surface area contributed by atoms with Crippen molar-refractivity contribution in [3.63, 3.8) is 0 Å². The lowest BCUT2D eigenvalue weighted by Crippen LogP contribution is -2.31. The molecule has 0 aliphatic rings. The Kier molecular flexibility index (Phi) is 7.02. The molecule has 2 aromatic carbocycles. The molecule has 2 amide bonds. The predicted octanol–water partition coefficient (Wildman–Crippen LogP) is 4.07. The van der Waals surface area contributed by atoms with Crippen molar-refractivity contribution in [2.24, 2.45) is 0 Å². The Balaban J connectivity index is 1.77. The summed E-state index contributed by atoms with van der Waals surface area (Å²) in [6.45, 7) is 2.44. The van der Waals surface area contributed by atoms with Gasteiger partial charge < -0.3 is 10.2 Å². The van der Waals surface area contributed by atoms with Gasteiger partial charge in [0.2, 0.25) is 5.91 Å². The fourth-order valence-corrected chi connectivity index (χ4v) is 2.71. The molecular formula is C20H23ClN2O2. The van der Waals surface area contributed by atoms with Crippen molar-refractivity contribution in [1.82, 2.24) is 10.2 Å². The molecule has 0 radical (unpaired) electrons. The summed E-state index contributed by atoms with van der Waals surface area (Å²) >= 11 is 6.01. The van der Waals surface area contributed by atoms with Crippen LogP contribution in [-0.4, -0.2) is 30.3 Å². The van der Waals surface area contributed by atoms with Gasteiger partial charge in [-0.15, -0.1) is 0 Å². The van der Waals surface area contributed by atoms with Crippen molar-refractivity contribution in [1.29, 1.82) is 0 Å². The van der Waals surface area contributed by atoms with Gasteiger partial charge in [0.05, 0.1) is 6.04 Å². The van der Waals surface area contributed by atoms with E-state index in [9.17, 15) is 9.59 Å². The fraction of sp³-hybridized carbons (Fsp3) is 0.300. The quantitative estimate of drug-likeness (QED) is 0.758. The minimum absolute atomic E-state index is 0.0430. The molecule has 4 nitrogen and oxygen atoms in total. The summed E-state index contributed by atoms with van der Waals surface area (Å²) in [5.41, 5.74) is 1.63. The monoisotopic (exact) mass is 358 g/mol. The average molecular weight is 359 g/mol. The van der Waals surface area contributed by atoms with Gasteiger partial charge in [-0.2, -0.15) is 0 Å². The van der Waals surface area contributed by atoms with Crippen molar-refractivity contribution < 1.29 is 9.59 Å². The maximum Gasteiger partial charge on any atom is 0.251 e. The van der Waals surface area contributed by atoms with Gasteiger partial charge in [-0.3, -0.25) is 9.59 Å². The second-order valence-corrected chi connectivity index (χ2v) is 6.40. The Hall–Kier alpha value is -2.33. The number of benzene rings is 2. The van der Waals surface area contributed by atoms with E-state index in [0.717, 1.165) is 5.56 Å². The number of nitrogens with zero attached hydrogens (tertiary/aromatic N) is 1. The van der Waals surface area contributed by atoms with Crippen molar-refractivity contribution in [3.05, 3.63) is 70.7 Å². The lowest BCUT2D eigenvalue weighted by Gasteiger charge is -2.25. The smallest absolute Gasteiger partial charge is 0.251 e. The molecule has 0 bridgehead atoms. The first-order chi connectivity index (χ1) is 12.0. The highest BCUT2D eigenvalue weighted by atomic mass is 35.5. The number of rotatable bonds is 7. The molecule has 0 heterocycles. The van der Waals surface area contributed by atoms with E-state index in [0.29, 0.717) is 30.0 Å². The van der Waals surface area contributed by atoms with Gasteiger partial charge >= 0.3 is 0 Å². The van der Waals surface area contributed by atoms with E-state index in [1.54, 1.807) is 24.1 Å². The summed E-state index contributed by atoms with van der Waals surface area (Å²) < 4.78 is 0. The van der Waals surface area contributed by atoms with E-state index in [2.05, 4.69) is 5.32 Å². The summed E-state index contributed by atoms with van der Waals surface area (Å²) in [5, 5.41) is 3.50. The largest absolute Gasteiger partial charge is 0.352 e. The zero-order valence-electron chi connectivity index (χ0n) is 14.5. The Morgan fingerprint density at radius 2 is 1.84 bits per heavy atom. The van der Waals surface area contributed by atoms with Crippen LogP contribution in [-0.2, 0) is 4.79 Å². The third-order valence-electron chi connectivity index (χ3n) is 4.19. The van der Waals surface area contributed by atoms with Crippen LogP contribution in [0.15, 0.2) is 54.6 Å². The van der Waals surface area contributed by atoms with Crippen LogP contribution in [0.5, 0.6) is 0 Å². The Morgan fingerprint density at radius 3 is 2.52 bits per heavy atom. The number of carbonyl (C=O) groups is 2. The molecule has 0 aromatic heterocycles. The van der Waals surface area contributed by atoms with Crippen LogP contribution in [0.3, 0.4) is 0 Å². The van der Waals surface area contributed by atoms with Gasteiger partial charge in [-0.25, -0.2) is 0 Å². The Morgan fingerprint density at radius 1 is 1.12 bits per heavy atom. The summed E-state index contributed by atoms with van der Waals surface area (Å²) in [5.74, 6) is -0.0739. The molecule has 0 saturated carbocycles. The maximum atomic E-state index is 12.3. The number of carbonyl (C=O) groups excluding carboxylic acids is 2. The normalized spacial score (nSPS) is 11.6. The van der Waals surface area contributed by atoms with Crippen molar-refractivity contribution in [2.45, 2.75) is 25.8 Å². The summed E-state index contributed by atoms with van der Waals surface area (Å²) in [6, 6.07) is 16.5. The molecule has 5 heteroatoms. The zero-order valence-corrected chi connectivity index (χ0v) is 15.3. The van der Waals surface area contributed by atoms with Gasteiger partial charge in [-0.1, -0.05) is 41.9 Å². The highest BCUT2D eigenvalue weighted by Gasteiger charge is 2.17. The molecule has 132 valence electrons. The fourth-order valence-electron chi connectivity index (χ4n) is 2.52. The second-order valence-electron chi connectivity index (χ2n) is 5.96. The molecule has 0 fully saturated rings. The van der Waals surface area contributed by atoms with Gasteiger partial charge in [0.15, 0.2) is 0 Å². The Labute approximate surface area is 153 Å². The maximum absolute atomic E-state index is 12.3. The first-order valence-electron chi connectivity index (χ1n) is 8.33. The number of hydrogen-bond acceptors (Lipinski definition) is 2. The lowest BCUT2D eigenvalue weighted by atomic mass is 10.1. The van der Waals surface area contributed by atoms with Crippen molar-refractivity contribution in [2.75, 3.05) is 13.6 Å². The topological polar surface area (TPSA) is 49.4 Å². The van der Waals surface area contributed by atoms with E-state index in [-0.39, 0.29) is 17.9 Å². The third-order valence-corrected chi connectivity index (χ3v) is 4.43. The van der Waals surface area contributed by atoms with Gasteiger partial charge in [0.1, 0.15) is 0 Å². The second kappa shape index (κ2) is 9.23.